The van der Waals surface area contributed by atoms with Gasteiger partial charge in [0, 0.05) is 6.54 Å². The van der Waals surface area contributed by atoms with E-state index in [9.17, 15) is 4.79 Å². The molecule has 0 radical (unpaired) electrons. The van der Waals surface area contributed by atoms with Gasteiger partial charge in [0.2, 0.25) is 0 Å². The first-order valence-electron chi connectivity index (χ1n) is 5.29. The molecular weight excluding hydrogens is 266 g/mol. The second-order valence-electron chi connectivity index (χ2n) is 3.48. The molecule has 1 amide bonds. The lowest BCUT2D eigenvalue weighted by Gasteiger charge is -2.10. The highest BCUT2D eigenvalue weighted by atomic mass is 32.2. The maximum Gasteiger partial charge on any atom is 0.266 e. The Balaban J connectivity index is 2.08. The van der Waals surface area contributed by atoms with Gasteiger partial charge in [-0.1, -0.05) is 36.1 Å². The van der Waals surface area contributed by atoms with Gasteiger partial charge in [-0.2, -0.15) is 0 Å². The van der Waals surface area contributed by atoms with E-state index in [4.69, 9.17) is 16.6 Å². The second-order valence-corrected chi connectivity index (χ2v) is 5.15. The number of rotatable bonds is 4. The summed E-state index contributed by atoms with van der Waals surface area (Å²) in [5, 5.41) is 0. The largest absolute Gasteiger partial charge is 0.465 e. The van der Waals surface area contributed by atoms with Gasteiger partial charge in [-0.15, -0.1) is 6.58 Å². The van der Waals surface area contributed by atoms with Crippen molar-refractivity contribution in [2.24, 2.45) is 0 Å². The molecule has 1 fully saturated rings. The third kappa shape index (κ3) is 2.80. The van der Waals surface area contributed by atoms with Crippen LogP contribution in [0, 0.1) is 0 Å². The number of allylic oxidation sites excluding steroid dienone is 2. The summed E-state index contributed by atoms with van der Waals surface area (Å²) < 4.78 is 5.72. The highest BCUT2D eigenvalue weighted by Gasteiger charge is 2.30. The van der Waals surface area contributed by atoms with E-state index in [1.165, 1.54) is 16.7 Å². The Kier molecular flexibility index (Phi) is 4.17. The molecule has 92 valence electrons. The van der Waals surface area contributed by atoms with Gasteiger partial charge in [-0.3, -0.25) is 9.69 Å². The number of hydrogen-bond acceptors (Lipinski definition) is 4. The predicted molar refractivity (Wildman–Crippen MR) is 77.9 cm³/mol. The Labute approximate surface area is 115 Å². The SMILES string of the molecule is C=CCN1C(=O)C(=CC=Cc2ccco2)SC1=S. The summed E-state index contributed by atoms with van der Waals surface area (Å²) in [6, 6.07) is 3.65. The molecule has 0 atom stereocenters. The molecule has 2 rings (SSSR count). The first-order valence-corrected chi connectivity index (χ1v) is 6.51. The zero-order valence-electron chi connectivity index (χ0n) is 9.54. The van der Waals surface area contributed by atoms with Crippen LogP contribution in [-0.4, -0.2) is 21.7 Å². The fraction of sp³-hybridized carbons (Fsp3) is 0.0769. The fourth-order valence-electron chi connectivity index (χ4n) is 1.42. The maximum absolute atomic E-state index is 11.9. The first kappa shape index (κ1) is 12.9. The zero-order valence-corrected chi connectivity index (χ0v) is 11.2. The van der Waals surface area contributed by atoms with E-state index < -0.39 is 0 Å². The van der Waals surface area contributed by atoms with Crippen LogP contribution in [0.2, 0.25) is 0 Å². The van der Waals surface area contributed by atoms with Crippen molar-refractivity contribution >= 4 is 40.3 Å². The molecule has 3 nitrogen and oxygen atoms in total. The molecule has 1 saturated heterocycles. The van der Waals surface area contributed by atoms with Gasteiger partial charge in [0.1, 0.15) is 10.1 Å². The molecule has 0 saturated carbocycles. The number of thioether (sulfide) groups is 1. The van der Waals surface area contributed by atoms with E-state index in [-0.39, 0.29) is 5.91 Å². The number of nitrogens with zero attached hydrogens (tertiary/aromatic N) is 1. The molecule has 0 bridgehead atoms. The summed E-state index contributed by atoms with van der Waals surface area (Å²) in [7, 11) is 0. The second kappa shape index (κ2) is 5.84. The molecular formula is C13H11NO2S2. The van der Waals surface area contributed by atoms with Crippen molar-refractivity contribution in [3.05, 3.63) is 53.9 Å². The van der Waals surface area contributed by atoms with Gasteiger partial charge in [-0.25, -0.2) is 0 Å². The van der Waals surface area contributed by atoms with E-state index in [0.29, 0.717) is 15.8 Å². The van der Waals surface area contributed by atoms with Crippen LogP contribution in [0.25, 0.3) is 6.08 Å². The van der Waals surface area contributed by atoms with Crippen LogP contribution in [-0.2, 0) is 4.79 Å². The van der Waals surface area contributed by atoms with Crippen molar-refractivity contribution in [3.8, 4) is 0 Å². The highest BCUT2D eigenvalue weighted by Crippen LogP contribution is 2.30. The van der Waals surface area contributed by atoms with Crippen molar-refractivity contribution in [2.45, 2.75) is 0 Å². The molecule has 0 aromatic carbocycles. The minimum atomic E-state index is -0.0750. The Morgan fingerprint density at radius 3 is 3.06 bits per heavy atom. The Morgan fingerprint density at radius 2 is 2.39 bits per heavy atom. The molecule has 0 spiro atoms. The molecule has 5 heteroatoms. The average Bonchev–Trinajstić information content (AvgIpc) is 2.94. The van der Waals surface area contributed by atoms with Crippen LogP contribution in [0.4, 0.5) is 0 Å². The summed E-state index contributed by atoms with van der Waals surface area (Å²) >= 11 is 6.43. The molecule has 0 N–H and O–H groups in total. The van der Waals surface area contributed by atoms with Gasteiger partial charge in [-0.05, 0) is 24.3 Å². The normalized spacial score (nSPS) is 18.2. The topological polar surface area (TPSA) is 33.5 Å². The van der Waals surface area contributed by atoms with Crippen LogP contribution in [0.1, 0.15) is 5.76 Å². The van der Waals surface area contributed by atoms with Crippen LogP contribution in [0.3, 0.4) is 0 Å². The zero-order chi connectivity index (χ0) is 13.0. The van der Waals surface area contributed by atoms with E-state index >= 15 is 0 Å². The van der Waals surface area contributed by atoms with Crippen molar-refractivity contribution in [3.63, 3.8) is 0 Å². The van der Waals surface area contributed by atoms with Crippen molar-refractivity contribution in [1.29, 1.82) is 0 Å². The Morgan fingerprint density at radius 1 is 1.56 bits per heavy atom. The van der Waals surface area contributed by atoms with Gasteiger partial charge in [0.15, 0.2) is 0 Å². The number of amides is 1. The predicted octanol–water partition coefficient (Wildman–Crippen LogP) is 3.22. The lowest BCUT2D eigenvalue weighted by molar-refractivity contribution is -0.121. The third-order valence-electron chi connectivity index (χ3n) is 2.24. The van der Waals surface area contributed by atoms with Gasteiger partial charge < -0.3 is 4.42 Å². The van der Waals surface area contributed by atoms with E-state index in [1.54, 1.807) is 30.6 Å². The minimum Gasteiger partial charge on any atom is -0.465 e. The molecule has 1 aromatic heterocycles. The van der Waals surface area contributed by atoms with Crippen molar-refractivity contribution < 1.29 is 9.21 Å². The standard InChI is InChI=1S/C13H11NO2S2/c1-2-8-14-12(15)11(18-13(14)17)7-3-5-10-6-4-9-16-10/h2-7,9H,1,8H2. The Hall–Kier alpha value is -1.59. The molecule has 1 aromatic rings. The van der Waals surface area contributed by atoms with Crippen LogP contribution in [0.15, 0.2) is 52.5 Å². The monoisotopic (exact) mass is 277 g/mol. The third-order valence-corrected chi connectivity index (χ3v) is 3.63. The summed E-state index contributed by atoms with van der Waals surface area (Å²) in [6.45, 7) is 4.05. The maximum atomic E-state index is 11.9. The first-order chi connectivity index (χ1) is 8.72. The smallest absolute Gasteiger partial charge is 0.266 e. The molecule has 1 aliphatic heterocycles. The van der Waals surface area contributed by atoms with E-state index in [1.807, 2.05) is 12.1 Å². The summed E-state index contributed by atoms with van der Waals surface area (Å²) in [5.41, 5.74) is 0. The molecule has 2 heterocycles. The Bertz CT molecular complexity index is 529. The summed E-state index contributed by atoms with van der Waals surface area (Å²) in [6.07, 6.45) is 8.57. The van der Waals surface area contributed by atoms with Crippen molar-refractivity contribution in [1.82, 2.24) is 4.90 Å². The quantitative estimate of drug-likeness (QED) is 0.481. The van der Waals surface area contributed by atoms with Crippen LogP contribution < -0.4 is 0 Å². The van der Waals surface area contributed by atoms with Crippen LogP contribution >= 0.6 is 24.0 Å². The highest BCUT2D eigenvalue weighted by molar-refractivity contribution is 8.26. The lowest BCUT2D eigenvalue weighted by atomic mass is 10.3. The van der Waals surface area contributed by atoms with E-state index in [0.717, 1.165) is 5.76 Å². The number of carbonyl (C=O) groups is 1. The van der Waals surface area contributed by atoms with Crippen molar-refractivity contribution in [2.75, 3.05) is 6.54 Å². The van der Waals surface area contributed by atoms with Gasteiger partial charge in [0.05, 0.1) is 11.2 Å². The molecule has 0 aliphatic carbocycles. The van der Waals surface area contributed by atoms with Gasteiger partial charge in [0.25, 0.3) is 5.91 Å². The van der Waals surface area contributed by atoms with E-state index in [2.05, 4.69) is 6.58 Å². The minimum absolute atomic E-state index is 0.0750. The molecule has 0 unspecified atom stereocenters. The fourth-order valence-corrected chi connectivity index (χ4v) is 2.64. The number of thiocarbonyl (C=S) groups is 1. The lowest BCUT2D eigenvalue weighted by Crippen LogP contribution is -2.27. The average molecular weight is 277 g/mol. The van der Waals surface area contributed by atoms with Gasteiger partial charge >= 0.3 is 0 Å². The number of furan rings is 1. The molecule has 1 aliphatic rings. The van der Waals surface area contributed by atoms with Crippen LogP contribution in [0.5, 0.6) is 0 Å². The summed E-state index contributed by atoms with van der Waals surface area (Å²) in [5.74, 6) is 0.668. The summed E-state index contributed by atoms with van der Waals surface area (Å²) in [4.78, 5) is 14.1. The molecule has 18 heavy (non-hydrogen) atoms. The number of hydrogen-bond donors (Lipinski definition) is 0. The number of carbonyl (C=O) groups excluding carboxylic acids is 1.